The minimum atomic E-state index is 0.394. The van der Waals surface area contributed by atoms with Crippen LogP contribution < -0.4 is 0 Å². The molecule has 0 aliphatic heterocycles. The van der Waals surface area contributed by atoms with Crippen LogP contribution in [0.15, 0.2) is 30.3 Å². The van der Waals surface area contributed by atoms with Crippen molar-refractivity contribution in [2.75, 3.05) is 0 Å². The first-order chi connectivity index (χ1) is 7.59. The number of benzene rings is 2. The molecule has 0 saturated heterocycles. The molecule has 0 spiro atoms. The van der Waals surface area contributed by atoms with Crippen molar-refractivity contribution in [1.29, 1.82) is 0 Å². The Kier molecular flexibility index (Phi) is 3.66. The Hall–Kier alpha value is -0.400. The fourth-order valence-electron chi connectivity index (χ4n) is 1.34. The van der Waals surface area contributed by atoms with Crippen LogP contribution in [0.4, 0.5) is 0 Å². The van der Waals surface area contributed by atoms with E-state index < -0.39 is 0 Å². The maximum Gasteiger partial charge on any atom is 0.0677 e. The molecular formula is C12H5Cl4. The highest BCUT2D eigenvalue weighted by molar-refractivity contribution is 6.44. The maximum absolute atomic E-state index is 6.08. The van der Waals surface area contributed by atoms with Gasteiger partial charge in [-0.2, -0.15) is 0 Å². The molecule has 0 nitrogen and oxygen atoms in total. The highest BCUT2D eigenvalue weighted by Crippen LogP contribution is 2.35. The first kappa shape index (κ1) is 12.1. The minimum absolute atomic E-state index is 0.394. The van der Waals surface area contributed by atoms with Crippen molar-refractivity contribution < 1.29 is 0 Å². The van der Waals surface area contributed by atoms with E-state index in [1.54, 1.807) is 18.2 Å². The van der Waals surface area contributed by atoms with Crippen LogP contribution in [0.1, 0.15) is 0 Å². The number of hydrogen-bond donors (Lipinski definition) is 0. The normalized spacial score (nSPS) is 10.5. The van der Waals surface area contributed by atoms with Crippen LogP contribution >= 0.6 is 46.4 Å². The molecule has 0 heterocycles. The Labute approximate surface area is 114 Å². The number of hydrogen-bond acceptors (Lipinski definition) is 0. The molecule has 2 aromatic rings. The van der Waals surface area contributed by atoms with E-state index in [2.05, 4.69) is 6.07 Å². The molecule has 16 heavy (non-hydrogen) atoms. The molecule has 0 atom stereocenters. The Morgan fingerprint density at radius 3 is 2.31 bits per heavy atom. The molecule has 0 amide bonds. The first-order valence-electron chi connectivity index (χ1n) is 4.40. The molecule has 4 heteroatoms. The van der Waals surface area contributed by atoms with Gasteiger partial charge in [-0.1, -0.05) is 64.6 Å². The van der Waals surface area contributed by atoms with E-state index in [0.29, 0.717) is 20.1 Å². The summed E-state index contributed by atoms with van der Waals surface area (Å²) >= 11 is 23.8. The van der Waals surface area contributed by atoms with Crippen molar-refractivity contribution in [1.82, 2.24) is 0 Å². The Morgan fingerprint density at radius 1 is 0.875 bits per heavy atom. The summed E-state index contributed by atoms with van der Waals surface area (Å²) in [5.41, 5.74) is 1.68. The zero-order valence-electron chi connectivity index (χ0n) is 7.90. The summed E-state index contributed by atoms with van der Waals surface area (Å²) in [5.74, 6) is 0. The SMILES string of the molecule is Clc1[c]ccc(-c2ccc(Cl)c(Cl)c2)c1Cl. The van der Waals surface area contributed by atoms with Gasteiger partial charge in [-0.05, 0) is 17.7 Å². The van der Waals surface area contributed by atoms with Crippen LogP contribution in [0.25, 0.3) is 11.1 Å². The molecule has 2 rings (SSSR count). The van der Waals surface area contributed by atoms with Gasteiger partial charge in [0.25, 0.3) is 0 Å². The van der Waals surface area contributed by atoms with Crippen LogP contribution in [-0.2, 0) is 0 Å². The zero-order valence-corrected chi connectivity index (χ0v) is 10.9. The van der Waals surface area contributed by atoms with Gasteiger partial charge < -0.3 is 0 Å². The van der Waals surface area contributed by atoms with E-state index in [-0.39, 0.29) is 0 Å². The lowest BCUT2D eigenvalue weighted by atomic mass is 10.1. The van der Waals surface area contributed by atoms with E-state index in [1.165, 1.54) is 0 Å². The molecule has 0 bridgehead atoms. The summed E-state index contributed by atoms with van der Waals surface area (Å²) in [6.07, 6.45) is 0. The third kappa shape index (κ3) is 2.31. The van der Waals surface area contributed by atoms with Crippen LogP contribution in [0.2, 0.25) is 20.1 Å². The van der Waals surface area contributed by atoms with Gasteiger partial charge in [-0.15, -0.1) is 0 Å². The summed E-state index contributed by atoms with van der Waals surface area (Å²) in [6.45, 7) is 0. The first-order valence-corrected chi connectivity index (χ1v) is 5.92. The van der Waals surface area contributed by atoms with Crippen LogP contribution in [0, 0.1) is 6.07 Å². The van der Waals surface area contributed by atoms with Crippen molar-refractivity contribution in [3.8, 4) is 11.1 Å². The Bertz CT molecular complexity index is 535. The lowest BCUT2D eigenvalue weighted by molar-refractivity contribution is 1.61. The van der Waals surface area contributed by atoms with Crippen molar-refractivity contribution in [3.05, 3.63) is 56.5 Å². The quantitative estimate of drug-likeness (QED) is 0.626. The fourth-order valence-corrected chi connectivity index (χ4v) is 2.03. The molecule has 81 valence electrons. The number of halogens is 4. The van der Waals surface area contributed by atoms with Gasteiger partial charge in [0.05, 0.1) is 20.1 Å². The molecule has 1 radical (unpaired) electrons. The van der Waals surface area contributed by atoms with Gasteiger partial charge in [-0.25, -0.2) is 0 Å². The molecule has 2 aromatic carbocycles. The van der Waals surface area contributed by atoms with Crippen LogP contribution in [0.3, 0.4) is 0 Å². The second-order valence-corrected chi connectivity index (χ2v) is 4.72. The maximum atomic E-state index is 6.08. The predicted octanol–water partition coefficient (Wildman–Crippen LogP) is 5.77. The Balaban J connectivity index is 2.59. The van der Waals surface area contributed by atoms with Crippen molar-refractivity contribution >= 4 is 46.4 Å². The highest BCUT2D eigenvalue weighted by atomic mass is 35.5. The smallest absolute Gasteiger partial charge is 0.0677 e. The Morgan fingerprint density at radius 2 is 1.62 bits per heavy atom. The second kappa shape index (κ2) is 4.85. The zero-order chi connectivity index (χ0) is 11.7. The average molecular weight is 291 g/mol. The van der Waals surface area contributed by atoms with Gasteiger partial charge in [0.1, 0.15) is 0 Å². The highest BCUT2D eigenvalue weighted by Gasteiger charge is 2.08. The van der Waals surface area contributed by atoms with E-state index in [4.69, 9.17) is 46.4 Å². The van der Waals surface area contributed by atoms with Gasteiger partial charge in [0.15, 0.2) is 0 Å². The molecule has 0 unspecified atom stereocenters. The van der Waals surface area contributed by atoms with Crippen molar-refractivity contribution in [2.24, 2.45) is 0 Å². The second-order valence-electron chi connectivity index (χ2n) is 3.15. The summed E-state index contributed by atoms with van der Waals surface area (Å²) in [4.78, 5) is 0. The van der Waals surface area contributed by atoms with Crippen molar-refractivity contribution in [2.45, 2.75) is 0 Å². The average Bonchev–Trinajstić information content (AvgIpc) is 2.26. The molecule has 0 fully saturated rings. The lowest BCUT2D eigenvalue weighted by Gasteiger charge is -2.06. The standard InChI is InChI=1S/C12H5Cl4/c13-9-5-4-7(6-11(9)15)8-2-1-3-10(14)12(8)16/h1-2,4-6H. The summed E-state index contributed by atoms with van der Waals surface area (Å²) in [5, 5.41) is 1.85. The van der Waals surface area contributed by atoms with Crippen LogP contribution in [0.5, 0.6) is 0 Å². The monoisotopic (exact) mass is 289 g/mol. The van der Waals surface area contributed by atoms with Gasteiger partial charge >= 0.3 is 0 Å². The van der Waals surface area contributed by atoms with E-state index in [1.807, 2.05) is 12.1 Å². The molecule has 0 saturated carbocycles. The summed E-state index contributed by atoms with van der Waals surface area (Å²) < 4.78 is 0. The van der Waals surface area contributed by atoms with Crippen molar-refractivity contribution in [3.63, 3.8) is 0 Å². The van der Waals surface area contributed by atoms with Gasteiger partial charge in [0.2, 0.25) is 0 Å². The lowest BCUT2D eigenvalue weighted by Crippen LogP contribution is -1.81. The van der Waals surface area contributed by atoms with Gasteiger partial charge in [-0.3, -0.25) is 0 Å². The number of rotatable bonds is 1. The van der Waals surface area contributed by atoms with Crippen LogP contribution in [-0.4, -0.2) is 0 Å². The van der Waals surface area contributed by atoms with Gasteiger partial charge in [0, 0.05) is 11.6 Å². The topological polar surface area (TPSA) is 0 Å². The molecule has 0 N–H and O–H groups in total. The van der Waals surface area contributed by atoms with E-state index in [0.717, 1.165) is 11.1 Å². The van der Waals surface area contributed by atoms with E-state index in [9.17, 15) is 0 Å². The molecule has 0 aromatic heterocycles. The fraction of sp³-hybridized carbons (Fsp3) is 0. The largest absolute Gasteiger partial charge is 0.0827 e. The summed E-state index contributed by atoms with van der Waals surface area (Å²) in [6, 6.07) is 11.7. The third-order valence-electron chi connectivity index (χ3n) is 2.12. The molecular weight excluding hydrogens is 286 g/mol. The summed E-state index contributed by atoms with van der Waals surface area (Å²) in [7, 11) is 0. The van der Waals surface area contributed by atoms with E-state index >= 15 is 0 Å². The predicted molar refractivity (Wildman–Crippen MR) is 70.8 cm³/mol. The third-order valence-corrected chi connectivity index (χ3v) is 3.65. The molecule has 0 aliphatic rings. The molecule has 0 aliphatic carbocycles. The minimum Gasteiger partial charge on any atom is -0.0827 e.